The predicted octanol–water partition coefficient (Wildman–Crippen LogP) is 4.23. The normalized spacial score (nSPS) is 11.2. The third-order valence-electron chi connectivity index (χ3n) is 2.82. The molecule has 0 aliphatic carbocycles. The van der Waals surface area contributed by atoms with Crippen LogP contribution in [0, 0.1) is 6.92 Å². The van der Waals surface area contributed by atoms with Crippen LogP contribution in [0.15, 0.2) is 23.6 Å². The van der Waals surface area contributed by atoms with Gasteiger partial charge in [0.25, 0.3) is 0 Å². The average Bonchev–Trinajstić information content (AvgIpc) is 2.96. The summed E-state index contributed by atoms with van der Waals surface area (Å²) in [5.74, 6) is 0.460. The standard InChI is InChI=1S/C14H13F3N2O3S/c1-8-5-9(3-4-10(8)18-13(20)21-2)22-6-12-19-11(7-23-12)14(15,16)17/h3-5,7H,6H2,1-2H3,(H,18,20). The number of anilines is 1. The third kappa shape index (κ3) is 4.59. The fourth-order valence-electron chi connectivity index (χ4n) is 1.68. The van der Waals surface area contributed by atoms with Gasteiger partial charge in [0.15, 0.2) is 5.69 Å². The Hall–Kier alpha value is -2.29. The number of carbonyl (C=O) groups is 1. The van der Waals surface area contributed by atoms with Gasteiger partial charge in [-0.15, -0.1) is 11.3 Å². The molecule has 0 aliphatic heterocycles. The van der Waals surface area contributed by atoms with Gasteiger partial charge in [-0.1, -0.05) is 0 Å². The zero-order valence-electron chi connectivity index (χ0n) is 12.2. The lowest BCUT2D eigenvalue weighted by atomic mass is 10.2. The van der Waals surface area contributed by atoms with E-state index in [9.17, 15) is 18.0 Å². The van der Waals surface area contributed by atoms with Gasteiger partial charge in [0.1, 0.15) is 17.4 Å². The average molecular weight is 346 g/mol. The van der Waals surface area contributed by atoms with Gasteiger partial charge < -0.3 is 9.47 Å². The highest BCUT2D eigenvalue weighted by molar-refractivity contribution is 7.09. The summed E-state index contributed by atoms with van der Waals surface area (Å²) in [4.78, 5) is 14.6. The molecule has 0 atom stereocenters. The lowest BCUT2D eigenvalue weighted by Crippen LogP contribution is -2.11. The molecule has 2 rings (SSSR count). The Morgan fingerprint density at radius 3 is 2.70 bits per heavy atom. The summed E-state index contributed by atoms with van der Waals surface area (Å²) in [6.45, 7) is 1.69. The molecule has 1 aromatic heterocycles. The summed E-state index contributed by atoms with van der Waals surface area (Å²) >= 11 is 0.885. The number of thiazole rings is 1. The first-order valence-corrected chi connectivity index (χ1v) is 7.27. The number of alkyl halides is 3. The molecule has 0 aliphatic rings. The lowest BCUT2D eigenvalue weighted by molar-refractivity contribution is -0.140. The van der Waals surface area contributed by atoms with Crippen LogP contribution in [-0.4, -0.2) is 18.2 Å². The van der Waals surface area contributed by atoms with Gasteiger partial charge in [0.05, 0.1) is 7.11 Å². The number of rotatable bonds is 4. The first kappa shape index (κ1) is 17.1. The number of aryl methyl sites for hydroxylation is 1. The van der Waals surface area contributed by atoms with E-state index in [-0.39, 0.29) is 11.6 Å². The predicted molar refractivity (Wildman–Crippen MR) is 78.7 cm³/mol. The first-order chi connectivity index (χ1) is 10.8. The molecule has 0 saturated heterocycles. The summed E-state index contributed by atoms with van der Waals surface area (Å²) in [7, 11) is 1.26. The van der Waals surface area contributed by atoms with E-state index in [1.165, 1.54) is 7.11 Å². The number of amides is 1. The van der Waals surface area contributed by atoms with Gasteiger partial charge in [-0.3, -0.25) is 5.32 Å². The smallest absolute Gasteiger partial charge is 0.434 e. The number of aromatic nitrogens is 1. The van der Waals surface area contributed by atoms with E-state index >= 15 is 0 Å². The molecule has 5 nitrogen and oxygen atoms in total. The quantitative estimate of drug-likeness (QED) is 0.900. The van der Waals surface area contributed by atoms with Crippen molar-refractivity contribution in [3.8, 4) is 5.75 Å². The maximum Gasteiger partial charge on any atom is 0.434 e. The Balaban J connectivity index is 2.00. The van der Waals surface area contributed by atoms with Crippen molar-refractivity contribution in [3.05, 3.63) is 39.8 Å². The van der Waals surface area contributed by atoms with Crippen LogP contribution in [0.3, 0.4) is 0 Å². The molecule has 0 unspecified atom stereocenters. The van der Waals surface area contributed by atoms with Crippen LogP contribution in [0.1, 0.15) is 16.3 Å². The van der Waals surface area contributed by atoms with Gasteiger partial charge in [-0.05, 0) is 30.7 Å². The van der Waals surface area contributed by atoms with Gasteiger partial charge in [0.2, 0.25) is 0 Å². The number of hydrogen-bond donors (Lipinski definition) is 1. The number of nitrogens with zero attached hydrogens (tertiary/aromatic N) is 1. The topological polar surface area (TPSA) is 60.5 Å². The monoisotopic (exact) mass is 346 g/mol. The number of carbonyl (C=O) groups excluding carboxylic acids is 1. The second-order valence-corrected chi connectivity index (χ2v) is 5.45. The number of nitrogens with one attached hydrogen (secondary N) is 1. The van der Waals surface area contributed by atoms with Crippen molar-refractivity contribution >= 4 is 23.1 Å². The van der Waals surface area contributed by atoms with E-state index in [1.54, 1.807) is 25.1 Å². The minimum Gasteiger partial charge on any atom is -0.486 e. The molecular formula is C14H13F3N2O3S. The van der Waals surface area contributed by atoms with Crippen LogP contribution in [-0.2, 0) is 17.5 Å². The van der Waals surface area contributed by atoms with E-state index in [1.807, 2.05) is 0 Å². The maximum absolute atomic E-state index is 12.5. The van der Waals surface area contributed by atoms with Crippen LogP contribution in [0.2, 0.25) is 0 Å². The van der Waals surface area contributed by atoms with Crippen LogP contribution in [0.25, 0.3) is 0 Å². The fraction of sp³-hybridized carbons (Fsp3) is 0.286. The Morgan fingerprint density at radius 2 is 2.13 bits per heavy atom. The van der Waals surface area contributed by atoms with E-state index < -0.39 is 18.0 Å². The highest BCUT2D eigenvalue weighted by Crippen LogP contribution is 2.30. The van der Waals surface area contributed by atoms with Crippen molar-refractivity contribution in [1.29, 1.82) is 0 Å². The van der Waals surface area contributed by atoms with E-state index in [4.69, 9.17) is 4.74 Å². The molecule has 1 heterocycles. The molecule has 0 spiro atoms. The zero-order valence-corrected chi connectivity index (χ0v) is 13.0. The van der Waals surface area contributed by atoms with Crippen molar-refractivity contribution in [2.75, 3.05) is 12.4 Å². The SMILES string of the molecule is COC(=O)Nc1ccc(OCc2nc(C(F)(F)F)cs2)cc1C. The van der Waals surface area contributed by atoms with E-state index in [2.05, 4.69) is 15.0 Å². The molecule has 0 radical (unpaired) electrons. The summed E-state index contributed by atoms with van der Waals surface area (Å²) < 4.78 is 47.3. The third-order valence-corrected chi connectivity index (χ3v) is 3.65. The molecule has 0 bridgehead atoms. The molecule has 0 fully saturated rings. The Morgan fingerprint density at radius 1 is 1.39 bits per heavy atom. The highest BCUT2D eigenvalue weighted by atomic mass is 32.1. The number of hydrogen-bond acceptors (Lipinski definition) is 5. The second-order valence-electron chi connectivity index (χ2n) is 4.51. The van der Waals surface area contributed by atoms with Crippen LogP contribution in [0.4, 0.5) is 23.7 Å². The molecule has 124 valence electrons. The van der Waals surface area contributed by atoms with Crippen LogP contribution < -0.4 is 10.1 Å². The molecule has 2 aromatic rings. The lowest BCUT2D eigenvalue weighted by Gasteiger charge is -2.10. The molecule has 1 amide bonds. The number of ether oxygens (including phenoxy) is 2. The molecule has 1 N–H and O–H groups in total. The van der Waals surface area contributed by atoms with Crippen LogP contribution in [0.5, 0.6) is 5.75 Å². The Labute approximate surface area is 134 Å². The van der Waals surface area contributed by atoms with E-state index in [0.717, 1.165) is 22.3 Å². The molecular weight excluding hydrogens is 333 g/mol. The number of benzene rings is 1. The van der Waals surface area contributed by atoms with Crippen molar-refractivity contribution in [3.63, 3.8) is 0 Å². The molecule has 0 saturated carbocycles. The fourth-order valence-corrected chi connectivity index (χ4v) is 2.39. The minimum absolute atomic E-state index is 0.0655. The summed E-state index contributed by atoms with van der Waals surface area (Å²) in [6.07, 6.45) is -5.05. The maximum atomic E-state index is 12.5. The summed E-state index contributed by atoms with van der Waals surface area (Å²) in [6, 6.07) is 4.87. The highest BCUT2D eigenvalue weighted by Gasteiger charge is 2.33. The van der Waals surface area contributed by atoms with Crippen molar-refractivity contribution < 1.29 is 27.4 Å². The minimum atomic E-state index is -4.45. The molecule has 1 aromatic carbocycles. The van der Waals surface area contributed by atoms with Crippen molar-refractivity contribution in [2.24, 2.45) is 0 Å². The number of halogens is 3. The Kier molecular flexibility index (Phi) is 5.09. The van der Waals surface area contributed by atoms with Crippen LogP contribution >= 0.6 is 11.3 Å². The zero-order chi connectivity index (χ0) is 17.0. The Bertz CT molecular complexity index is 701. The number of methoxy groups -OCH3 is 1. The summed E-state index contributed by atoms with van der Waals surface area (Å²) in [5.41, 5.74) is 0.357. The van der Waals surface area contributed by atoms with Crippen molar-refractivity contribution in [2.45, 2.75) is 19.7 Å². The largest absolute Gasteiger partial charge is 0.486 e. The first-order valence-electron chi connectivity index (χ1n) is 6.39. The summed E-state index contributed by atoms with van der Waals surface area (Å²) in [5, 5.41) is 3.71. The van der Waals surface area contributed by atoms with E-state index in [0.29, 0.717) is 11.4 Å². The van der Waals surface area contributed by atoms with Gasteiger partial charge in [0, 0.05) is 11.1 Å². The van der Waals surface area contributed by atoms with Gasteiger partial charge >= 0.3 is 12.3 Å². The molecule has 23 heavy (non-hydrogen) atoms. The van der Waals surface area contributed by atoms with Crippen molar-refractivity contribution in [1.82, 2.24) is 4.98 Å². The molecule has 9 heteroatoms. The van der Waals surface area contributed by atoms with Gasteiger partial charge in [-0.2, -0.15) is 13.2 Å². The van der Waals surface area contributed by atoms with Gasteiger partial charge in [-0.25, -0.2) is 9.78 Å². The second kappa shape index (κ2) is 6.86.